The molecule has 0 spiro atoms. The molecule has 26 heavy (non-hydrogen) atoms. The van der Waals surface area contributed by atoms with Crippen LogP contribution in [0.15, 0.2) is 59.7 Å². The van der Waals surface area contributed by atoms with E-state index in [0.29, 0.717) is 12.5 Å². The Bertz CT molecular complexity index is 794. The van der Waals surface area contributed by atoms with Gasteiger partial charge in [-0.25, -0.2) is 9.80 Å². The summed E-state index contributed by atoms with van der Waals surface area (Å²) in [5.41, 5.74) is 4.03. The van der Waals surface area contributed by atoms with Crippen molar-refractivity contribution in [2.24, 2.45) is 11.0 Å². The Morgan fingerprint density at radius 1 is 0.962 bits per heavy atom. The number of fused-ring (bicyclic) bond motifs is 1. The Morgan fingerprint density at radius 2 is 1.69 bits per heavy atom. The summed E-state index contributed by atoms with van der Waals surface area (Å²) in [7, 11) is 0. The Hall–Kier alpha value is -2.62. The first-order valence-electron chi connectivity index (χ1n) is 9.59. The van der Waals surface area contributed by atoms with Crippen molar-refractivity contribution in [1.29, 1.82) is 0 Å². The van der Waals surface area contributed by atoms with Crippen LogP contribution >= 0.6 is 0 Å². The highest BCUT2D eigenvalue weighted by molar-refractivity contribution is 6.09. The highest BCUT2D eigenvalue weighted by Gasteiger charge is 2.25. The number of nitrogens with zero attached hydrogens (tertiary/aromatic N) is 2. The predicted molar refractivity (Wildman–Crippen MR) is 105 cm³/mol. The van der Waals surface area contributed by atoms with E-state index in [1.54, 1.807) is 5.01 Å². The zero-order valence-electron chi connectivity index (χ0n) is 15.0. The molecular formula is C22H25N3O. The maximum Gasteiger partial charge on any atom is 0.342 e. The van der Waals surface area contributed by atoms with Crippen molar-refractivity contribution in [1.82, 2.24) is 5.01 Å². The Kier molecular flexibility index (Phi) is 5.00. The third-order valence-corrected chi connectivity index (χ3v) is 5.34. The number of carbonyl (C=O) groups excluding carboxylic acids is 1. The van der Waals surface area contributed by atoms with Crippen LogP contribution in [-0.2, 0) is 6.54 Å². The van der Waals surface area contributed by atoms with Gasteiger partial charge in [0.05, 0.1) is 17.9 Å². The van der Waals surface area contributed by atoms with Crippen molar-refractivity contribution in [3.63, 3.8) is 0 Å². The molecule has 134 valence electrons. The van der Waals surface area contributed by atoms with Gasteiger partial charge >= 0.3 is 6.03 Å². The van der Waals surface area contributed by atoms with Crippen LogP contribution in [-0.4, -0.2) is 16.8 Å². The van der Waals surface area contributed by atoms with Crippen LogP contribution in [0.3, 0.4) is 0 Å². The predicted octanol–water partition coefficient (Wildman–Crippen LogP) is 5.41. The van der Waals surface area contributed by atoms with E-state index >= 15 is 0 Å². The minimum absolute atomic E-state index is 0.167. The fourth-order valence-corrected chi connectivity index (χ4v) is 3.95. The number of hydrogen-bond acceptors (Lipinski definition) is 2. The van der Waals surface area contributed by atoms with Crippen LogP contribution < -0.4 is 5.32 Å². The lowest BCUT2D eigenvalue weighted by molar-refractivity contribution is 0.212. The van der Waals surface area contributed by atoms with Crippen molar-refractivity contribution < 1.29 is 4.79 Å². The molecule has 0 saturated heterocycles. The normalized spacial score (nSPS) is 17.9. The van der Waals surface area contributed by atoms with E-state index in [1.807, 2.05) is 48.5 Å². The second-order valence-corrected chi connectivity index (χ2v) is 7.27. The lowest BCUT2D eigenvalue weighted by Crippen LogP contribution is -2.29. The van der Waals surface area contributed by atoms with E-state index in [1.165, 1.54) is 32.1 Å². The van der Waals surface area contributed by atoms with Crippen molar-refractivity contribution in [3.05, 3.63) is 65.7 Å². The molecule has 1 saturated carbocycles. The molecule has 2 aliphatic rings. The van der Waals surface area contributed by atoms with Crippen molar-refractivity contribution >= 4 is 17.4 Å². The van der Waals surface area contributed by atoms with E-state index in [4.69, 9.17) is 5.10 Å². The SMILES string of the molecule is O=C1Nc2ccccc2C(CC2CCCCC2)=NN1Cc1ccccc1. The highest BCUT2D eigenvalue weighted by atomic mass is 16.2. The fourth-order valence-electron chi connectivity index (χ4n) is 3.95. The van der Waals surface area contributed by atoms with Crippen LogP contribution in [0.1, 0.15) is 49.7 Å². The number of carbonyl (C=O) groups is 1. The minimum Gasteiger partial charge on any atom is -0.306 e. The first-order chi connectivity index (χ1) is 12.8. The number of hydrogen-bond donors (Lipinski definition) is 1. The van der Waals surface area contributed by atoms with E-state index in [0.717, 1.165) is 28.9 Å². The van der Waals surface area contributed by atoms with E-state index in [9.17, 15) is 4.79 Å². The lowest BCUT2D eigenvalue weighted by Gasteiger charge is -2.23. The third-order valence-electron chi connectivity index (χ3n) is 5.34. The largest absolute Gasteiger partial charge is 0.342 e. The molecule has 4 rings (SSSR count). The number of anilines is 1. The summed E-state index contributed by atoms with van der Waals surface area (Å²) < 4.78 is 0. The molecule has 2 aromatic rings. The smallest absolute Gasteiger partial charge is 0.306 e. The van der Waals surface area contributed by atoms with Gasteiger partial charge < -0.3 is 5.32 Å². The van der Waals surface area contributed by atoms with Gasteiger partial charge in [-0.1, -0.05) is 80.6 Å². The molecule has 0 aromatic heterocycles. The van der Waals surface area contributed by atoms with Crippen molar-refractivity contribution in [2.45, 2.75) is 45.1 Å². The quantitative estimate of drug-likeness (QED) is 0.790. The average molecular weight is 347 g/mol. The zero-order chi connectivity index (χ0) is 17.8. The van der Waals surface area contributed by atoms with E-state index < -0.39 is 0 Å². The standard InChI is InChI=1S/C22H25N3O/c26-22-23-20-14-8-7-13-19(20)21(15-17-9-3-1-4-10-17)24-25(22)16-18-11-5-2-6-12-18/h2,5-8,11-14,17H,1,3-4,9-10,15-16H2,(H,23,26). The molecule has 0 unspecified atom stereocenters. The number of hydrazone groups is 1. The molecule has 0 bridgehead atoms. The summed E-state index contributed by atoms with van der Waals surface area (Å²) in [5.74, 6) is 0.669. The van der Waals surface area contributed by atoms with Crippen LogP contribution in [0.2, 0.25) is 0 Å². The van der Waals surface area contributed by atoms with Crippen LogP contribution in [0.4, 0.5) is 10.5 Å². The first kappa shape index (κ1) is 16.8. The van der Waals surface area contributed by atoms with Crippen LogP contribution in [0.25, 0.3) is 0 Å². The monoisotopic (exact) mass is 347 g/mol. The molecule has 0 radical (unpaired) electrons. The van der Waals surface area contributed by atoms with Crippen molar-refractivity contribution in [2.75, 3.05) is 5.32 Å². The molecule has 1 heterocycles. The highest BCUT2D eigenvalue weighted by Crippen LogP contribution is 2.30. The Balaban J connectivity index is 1.64. The summed E-state index contributed by atoms with van der Waals surface area (Å²) >= 11 is 0. The summed E-state index contributed by atoms with van der Waals surface area (Å²) in [6.45, 7) is 0.481. The Labute approximate surface area is 154 Å². The number of para-hydroxylation sites is 1. The number of amides is 2. The number of rotatable bonds is 4. The van der Waals surface area contributed by atoms with Gasteiger partial charge in [0, 0.05) is 5.56 Å². The van der Waals surface area contributed by atoms with Gasteiger partial charge in [0.25, 0.3) is 0 Å². The summed E-state index contributed by atoms with van der Waals surface area (Å²) in [6.07, 6.45) is 7.44. The molecule has 1 aliphatic carbocycles. The first-order valence-corrected chi connectivity index (χ1v) is 9.59. The van der Waals surface area contributed by atoms with Gasteiger partial charge in [-0.15, -0.1) is 0 Å². The lowest BCUT2D eigenvalue weighted by atomic mass is 9.84. The van der Waals surface area contributed by atoms with Gasteiger partial charge in [-0.2, -0.15) is 5.10 Å². The summed E-state index contributed by atoms with van der Waals surface area (Å²) in [4.78, 5) is 12.7. The summed E-state index contributed by atoms with van der Waals surface area (Å²) in [5, 5.41) is 9.43. The number of benzene rings is 2. The Morgan fingerprint density at radius 3 is 2.50 bits per heavy atom. The average Bonchev–Trinajstić information content (AvgIpc) is 2.81. The van der Waals surface area contributed by atoms with Gasteiger partial charge in [-0.05, 0) is 24.0 Å². The van der Waals surface area contributed by atoms with Gasteiger partial charge in [0.1, 0.15) is 0 Å². The second-order valence-electron chi connectivity index (χ2n) is 7.27. The van der Waals surface area contributed by atoms with Crippen LogP contribution in [0.5, 0.6) is 0 Å². The maximum absolute atomic E-state index is 12.7. The minimum atomic E-state index is -0.167. The molecule has 2 amide bonds. The number of urea groups is 1. The molecule has 4 heteroatoms. The molecular weight excluding hydrogens is 322 g/mol. The van der Waals surface area contributed by atoms with Crippen molar-refractivity contribution in [3.8, 4) is 0 Å². The van der Waals surface area contributed by atoms with Crippen LogP contribution in [0, 0.1) is 5.92 Å². The van der Waals surface area contributed by atoms with Gasteiger partial charge in [0.2, 0.25) is 0 Å². The molecule has 1 aliphatic heterocycles. The fraction of sp³-hybridized carbons (Fsp3) is 0.364. The zero-order valence-corrected chi connectivity index (χ0v) is 15.0. The second kappa shape index (κ2) is 7.73. The van der Waals surface area contributed by atoms with Gasteiger partial charge in [-0.3, -0.25) is 0 Å². The molecule has 1 fully saturated rings. The molecule has 1 N–H and O–H groups in total. The molecule has 2 aromatic carbocycles. The summed E-state index contributed by atoms with van der Waals surface area (Å²) in [6, 6.07) is 17.9. The third kappa shape index (κ3) is 3.79. The van der Waals surface area contributed by atoms with E-state index in [2.05, 4.69) is 11.4 Å². The molecule has 4 nitrogen and oxygen atoms in total. The van der Waals surface area contributed by atoms with Gasteiger partial charge in [0.15, 0.2) is 0 Å². The van der Waals surface area contributed by atoms with E-state index in [-0.39, 0.29) is 6.03 Å². The topological polar surface area (TPSA) is 44.7 Å². The maximum atomic E-state index is 12.7. The molecule has 0 atom stereocenters. The number of nitrogens with one attached hydrogen (secondary N) is 1.